The molecule has 0 spiro atoms. The first-order valence-electron chi connectivity index (χ1n) is 8.05. The first-order chi connectivity index (χ1) is 10.2. The molecule has 6 nitrogen and oxygen atoms in total. The molecule has 0 amide bonds. The second-order valence-corrected chi connectivity index (χ2v) is 22.8. The van der Waals surface area contributed by atoms with Crippen LogP contribution in [-0.2, 0) is 26.2 Å². The van der Waals surface area contributed by atoms with Gasteiger partial charge < -0.3 is 26.2 Å². The smallest absolute Gasteiger partial charge is 0.344 e. The highest BCUT2D eigenvalue weighted by Gasteiger charge is 2.46. The highest BCUT2D eigenvalue weighted by atomic mass is 28.5. The van der Waals surface area contributed by atoms with Gasteiger partial charge in [0.2, 0.25) is 0 Å². The molecular weight excluding hydrogens is 364 g/mol. The highest BCUT2D eigenvalue weighted by Crippen LogP contribution is 2.24. The Morgan fingerprint density at radius 2 is 1.22 bits per heavy atom. The van der Waals surface area contributed by atoms with Crippen molar-refractivity contribution in [2.45, 2.75) is 59.3 Å². The quantitative estimate of drug-likeness (QED) is 0.284. The van der Waals surface area contributed by atoms with Crippen molar-refractivity contribution in [3.8, 4) is 0 Å². The molecule has 0 aliphatic heterocycles. The summed E-state index contributed by atoms with van der Waals surface area (Å²) in [5.74, 6) is 0. The number of rotatable bonds is 12. The fourth-order valence-electron chi connectivity index (χ4n) is 2.29. The van der Waals surface area contributed by atoms with Gasteiger partial charge in [0, 0.05) is 13.7 Å². The van der Waals surface area contributed by atoms with Gasteiger partial charge in [-0.1, -0.05) is 0 Å². The summed E-state index contributed by atoms with van der Waals surface area (Å²) in [6, 6.07) is 0. The predicted molar refractivity (Wildman–Crippen MR) is 103 cm³/mol. The molecule has 10 heteroatoms. The molecule has 0 aromatic carbocycles. The van der Waals surface area contributed by atoms with Crippen LogP contribution in [0.3, 0.4) is 0 Å². The van der Waals surface area contributed by atoms with Crippen molar-refractivity contribution in [3.05, 3.63) is 0 Å². The van der Waals surface area contributed by atoms with Gasteiger partial charge in [0.05, 0.1) is 6.23 Å². The normalized spacial score (nSPS) is 16.4. The van der Waals surface area contributed by atoms with Gasteiger partial charge in [0.1, 0.15) is 6.79 Å². The maximum atomic E-state index is 6.46. The SMILES string of the molecule is CCOCOC[Si](C)(O[Si](C)(C)OC)O[Si](C)(C)O[Si](C)(C)C. The molecule has 1 atom stereocenters. The average molecular weight is 401 g/mol. The first-order valence-corrected chi connectivity index (χ1v) is 19.6. The number of hydrogen-bond acceptors (Lipinski definition) is 6. The maximum absolute atomic E-state index is 6.46. The second kappa shape index (κ2) is 9.36. The lowest BCUT2D eigenvalue weighted by atomic mass is 10.9. The van der Waals surface area contributed by atoms with Crippen LogP contribution in [0.25, 0.3) is 0 Å². The minimum Gasteiger partial charge on any atom is -0.437 e. The molecule has 0 aliphatic carbocycles. The van der Waals surface area contributed by atoms with Gasteiger partial charge in [0.25, 0.3) is 0 Å². The van der Waals surface area contributed by atoms with E-state index in [0.717, 1.165) is 0 Å². The third kappa shape index (κ3) is 11.7. The van der Waals surface area contributed by atoms with Gasteiger partial charge in [-0.05, 0) is 59.3 Å². The van der Waals surface area contributed by atoms with Gasteiger partial charge in [-0.25, -0.2) is 0 Å². The molecular formula is C13H36O6Si4. The van der Waals surface area contributed by atoms with E-state index >= 15 is 0 Å². The van der Waals surface area contributed by atoms with E-state index in [1.54, 1.807) is 7.11 Å². The highest BCUT2D eigenvalue weighted by molar-refractivity contribution is 6.88. The maximum Gasteiger partial charge on any atom is 0.344 e. The summed E-state index contributed by atoms with van der Waals surface area (Å²) >= 11 is 0. The summed E-state index contributed by atoms with van der Waals surface area (Å²) in [6.45, 7) is 19.5. The molecule has 0 fully saturated rings. The second-order valence-electron chi connectivity index (χ2n) is 7.52. The topological polar surface area (TPSA) is 55.4 Å². The van der Waals surface area contributed by atoms with Crippen molar-refractivity contribution < 1.29 is 26.2 Å². The summed E-state index contributed by atoms with van der Waals surface area (Å²) < 4.78 is 35.5. The van der Waals surface area contributed by atoms with Gasteiger partial charge >= 0.3 is 25.7 Å². The minimum absolute atomic E-state index is 0.248. The first kappa shape index (κ1) is 23.6. The Bertz CT molecular complexity index is 348. The van der Waals surface area contributed by atoms with E-state index in [2.05, 4.69) is 32.7 Å². The number of ether oxygens (including phenoxy) is 2. The molecule has 1 unspecified atom stereocenters. The summed E-state index contributed by atoms with van der Waals surface area (Å²) in [7, 11) is -7.16. The van der Waals surface area contributed by atoms with E-state index in [-0.39, 0.29) is 6.79 Å². The van der Waals surface area contributed by atoms with Crippen LogP contribution >= 0.6 is 0 Å². The van der Waals surface area contributed by atoms with Crippen LogP contribution in [0.5, 0.6) is 0 Å². The summed E-state index contributed by atoms with van der Waals surface area (Å²) in [5.41, 5.74) is 0. The molecule has 0 aliphatic rings. The van der Waals surface area contributed by atoms with E-state index in [4.69, 9.17) is 26.2 Å². The summed E-state index contributed by atoms with van der Waals surface area (Å²) in [6.07, 6.45) is 0.401. The van der Waals surface area contributed by atoms with Crippen LogP contribution in [0, 0.1) is 0 Å². The van der Waals surface area contributed by atoms with Crippen LogP contribution < -0.4 is 0 Å². The molecule has 0 aromatic heterocycles. The lowest BCUT2D eigenvalue weighted by Gasteiger charge is -2.41. The number of hydrogen-bond donors (Lipinski definition) is 0. The molecule has 0 saturated carbocycles. The Morgan fingerprint density at radius 3 is 1.65 bits per heavy atom. The van der Waals surface area contributed by atoms with E-state index < -0.39 is 34.0 Å². The molecule has 0 rings (SSSR count). The van der Waals surface area contributed by atoms with Crippen LogP contribution in [0.2, 0.25) is 52.4 Å². The van der Waals surface area contributed by atoms with Crippen LogP contribution in [-0.4, -0.2) is 60.7 Å². The van der Waals surface area contributed by atoms with Crippen molar-refractivity contribution in [1.29, 1.82) is 0 Å². The van der Waals surface area contributed by atoms with E-state index in [1.807, 2.05) is 26.6 Å². The van der Waals surface area contributed by atoms with Crippen LogP contribution in [0.15, 0.2) is 0 Å². The molecule has 0 heterocycles. The molecule has 23 heavy (non-hydrogen) atoms. The molecule has 0 bridgehead atoms. The van der Waals surface area contributed by atoms with Gasteiger partial charge in [-0.15, -0.1) is 0 Å². The van der Waals surface area contributed by atoms with Crippen molar-refractivity contribution in [1.82, 2.24) is 0 Å². The standard InChI is InChI=1S/C13H36O6Si4/c1-11-15-12-16-13-23(10,18-21(6,7)14-2)19-22(8,9)17-20(3,4)5/h11-13H2,1-10H3. The minimum atomic E-state index is -2.60. The summed E-state index contributed by atoms with van der Waals surface area (Å²) in [4.78, 5) is 0. The Hall–Kier alpha value is 0.628. The van der Waals surface area contributed by atoms with E-state index in [0.29, 0.717) is 12.8 Å². The van der Waals surface area contributed by atoms with Gasteiger partial charge in [0.15, 0.2) is 8.32 Å². The zero-order chi connectivity index (χ0) is 18.4. The van der Waals surface area contributed by atoms with Crippen LogP contribution in [0.1, 0.15) is 6.92 Å². The lowest BCUT2D eigenvalue weighted by Crippen LogP contribution is -2.60. The third-order valence-electron chi connectivity index (χ3n) is 2.70. The molecule has 0 saturated heterocycles. The Labute approximate surface area is 146 Å². The van der Waals surface area contributed by atoms with E-state index in [9.17, 15) is 0 Å². The van der Waals surface area contributed by atoms with Gasteiger partial charge in [-0.3, -0.25) is 0 Å². The molecule has 0 radical (unpaired) electrons. The zero-order valence-electron chi connectivity index (χ0n) is 16.6. The fraction of sp³-hybridized carbons (Fsp3) is 1.00. The molecule has 0 aromatic rings. The van der Waals surface area contributed by atoms with Crippen LogP contribution in [0.4, 0.5) is 0 Å². The Morgan fingerprint density at radius 1 is 0.696 bits per heavy atom. The summed E-state index contributed by atoms with van der Waals surface area (Å²) in [5, 5.41) is 0. The van der Waals surface area contributed by atoms with E-state index in [1.165, 1.54) is 0 Å². The zero-order valence-corrected chi connectivity index (χ0v) is 20.6. The molecule has 0 N–H and O–H groups in total. The molecule has 140 valence electrons. The third-order valence-corrected chi connectivity index (χ3v) is 16.2. The Kier molecular flexibility index (Phi) is 9.62. The van der Waals surface area contributed by atoms with Crippen molar-refractivity contribution >= 4 is 34.0 Å². The van der Waals surface area contributed by atoms with Crippen molar-refractivity contribution in [2.75, 3.05) is 26.7 Å². The largest absolute Gasteiger partial charge is 0.437 e. The van der Waals surface area contributed by atoms with Crippen molar-refractivity contribution in [3.63, 3.8) is 0 Å². The average Bonchev–Trinajstić information content (AvgIpc) is 2.30. The monoisotopic (exact) mass is 400 g/mol. The lowest BCUT2D eigenvalue weighted by molar-refractivity contribution is -0.0405. The fourth-order valence-corrected chi connectivity index (χ4v) is 18.8. The van der Waals surface area contributed by atoms with Crippen molar-refractivity contribution in [2.24, 2.45) is 0 Å². The predicted octanol–water partition coefficient (Wildman–Crippen LogP) is 3.54. The van der Waals surface area contributed by atoms with Gasteiger partial charge in [-0.2, -0.15) is 0 Å². The Balaban J connectivity index is 5.02.